The van der Waals surface area contributed by atoms with Crippen molar-refractivity contribution < 1.29 is 17.9 Å². The van der Waals surface area contributed by atoms with Crippen molar-refractivity contribution in [1.29, 1.82) is 0 Å². The molecule has 0 bridgehead atoms. The van der Waals surface area contributed by atoms with Gasteiger partial charge in [0, 0.05) is 12.5 Å². The van der Waals surface area contributed by atoms with Gasteiger partial charge in [-0.3, -0.25) is 0 Å². The molecule has 0 spiro atoms. The third-order valence-electron chi connectivity index (χ3n) is 3.52. The Bertz CT molecular complexity index is 701. The van der Waals surface area contributed by atoms with Crippen LogP contribution in [0.4, 0.5) is 4.39 Å². The van der Waals surface area contributed by atoms with Gasteiger partial charge in [0.25, 0.3) is 0 Å². The molecular formula is C15H18FNO3S. The van der Waals surface area contributed by atoms with Crippen LogP contribution in [0.5, 0.6) is 0 Å². The molecule has 114 valence electrons. The van der Waals surface area contributed by atoms with Gasteiger partial charge >= 0.3 is 0 Å². The summed E-state index contributed by atoms with van der Waals surface area (Å²) in [5, 5.41) is 8.61. The number of sulfonamides is 1. The topological polar surface area (TPSA) is 66.4 Å². The van der Waals surface area contributed by atoms with E-state index in [-0.39, 0.29) is 34.9 Å². The second-order valence-corrected chi connectivity index (χ2v) is 7.50. The van der Waals surface area contributed by atoms with Crippen LogP contribution in [-0.4, -0.2) is 26.2 Å². The lowest BCUT2D eigenvalue weighted by molar-refractivity contribution is 0.305. The van der Waals surface area contributed by atoms with Gasteiger partial charge in [-0.2, -0.15) is 0 Å². The van der Waals surface area contributed by atoms with Gasteiger partial charge in [0.1, 0.15) is 5.82 Å². The first-order valence-electron chi connectivity index (χ1n) is 6.68. The van der Waals surface area contributed by atoms with Crippen LogP contribution >= 0.6 is 0 Å². The Hall–Kier alpha value is -1.42. The number of benzene rings is 1. The van der Waals surface area contributed by atoms with Crippen LogP contribution in [-0.2, 0) is 10.0 Å². The predicted molar refractivity (Wildman–Crippen MR) is 77.5 cm³/mol. The molecule has 1 aliphatic rings. The molecule has 1 aromatic rings. The first-order valence-corrected chi connectivity index (χ1v) is 8.16. The van der Waals surface area contributed by atoms with Crippen molar-refractivity contribution in [3.63, 3.8) is 0 Å². The Morgan fingerprint density at radius 2 is 2.14 bits per heavy atom. The number of halogens is 1. The minimum Gasteiger partial charge on any atom is -0.395 e. The predicted octanol–water partition coefficient (Wildman–Crippen LogP) is 1.64. The number of hydrogen-bond donors (Lipinski definition) is 2. The molecule has 0 saturated heterocycles. The smallest absolute Gasteiger partial charge is 0.240 e. The zero-order valence-corrected chi connectivity index (χ0v) is 12.8. The third-order valence-corrected chi connectivity index (χ3v) is 4.99. The normalized spacial score (nSPS) is 19.7. The Morgan fingerprint density at radius 1 is 1.48 bits per heavy atom. The summed E-state index contributed by atoms with van der Waals surface area (Å²) in [4.78, 5) is -0.101. The molecule has 1 fully saturated rings. The van der Waals surface area contributed by atoms with Gasteiger partial charge in [-0.1, -0.05) is 25.7 Å². The fraction of sp³-hybridized carbons (Fsp3) is 0.467. The molecule has 0 heterocycles. The second-order valence-electron chi connectivity index (χ2n) is 5.78. The van der Waals surface area contributed by atoms with Crippen molar-refractivity contribution in [2.45, 2.75) is 37.6 Å². The molecule has 0 aromatic heterocycles. The molecule has 0 aliphatic heterocycles. The van der Waals surface area contributed by atoms with E-state index in [1.54, 1.807) is 0 Å². The van der Waals surface area contributed by atoms with Crippen LogP contribution in [0.15, 0.2) is 23.1 Å². The highest BCUT2D eigenvalue weighted by Crippen LogP contribution is 2.45. The fourth-order valence-corrected chi connectivity index (χ4v) is 3.32. The summed E-state index contributed by atoms with van der Waals surface area (Å²) >= 11 is 0. The van der Waals surface area contributed by atoms with E-state index in [1.165, 1.54) is 12.1 Å². The number of aliphatic hydroxyl groups is 1. The summed E-state index contributed by atoms with van der Waals surface area (Å²) < 4.78 is 40.7. The van der Waals surface area contributed by atoms with Crippen molar-refractivity contribution in [1.82, 2.24) is 4.72 Å². The first-order chi connectivity index (χ1) is 9.76. The summed E-state index contributed by atoms with van der Waals surface area (Å²) in [6, 6.07) is 3.55. The molecule has 2 rings (SSSR count). The van der Waals surface area contributed by atoms with Crippen LogP contribution < -0.4 is 4.72 Å². The maximum absolute atomic E-state index is 13.9. The maximum atomic E-state index is 13.9. The summed E-state index contributed by atoms with van der Waals surface area (Å²) in [7, 11) is -3.71. The summed E-state index contributed by atoms with van der Waals surface area (Å²) in [5.41, 5.74) is 0.0792. The van der Waals surface area contributed by atoms with Gasteiger partial charge < -0.3 is 5.11 Å². The van der Waals surface area contributed by atoms with Crippen molar-refractivity contribution in [2.75, 3.05) is 6.61 Å². The van der Waals surface area contributed by atoms with E-state index in [4.69, 9.17) is 5.11 Å². The Kier molecular flexibility index (Phi) is 4.38. The van der Waals surface area contributed by atoms with Crippen LogP contribution in [0.1, 0.15) is 32.3 Å². The number of aliphatic hydroxyl groups excluding tert-OH is 1. The molecule has 6 heteroatoms. The molecule has 2 N–H and O–H groups in total. The lowest BCUT2D eigenvalue weighted by Crippen LogP contribution is -2.28. The highest BCUT2D eigenvalue weighted by molar-refractivity contribution is 7.89. The molecular weight excluding hydrogens is 293 g/mol. The monoisotopic (exact) mass is 311 g/mol. The molecule has 21 heavy (non-hydrogen) atoms. The molecule has 4 nitrogen and oxygen atoms in total. The molecule has 0 radical (unpaired) electrons. The minimum atomic E-state index is -3.71. The van der Waals surface area contributed by atoms with Gasteiger partial charge in [0.05, 0.1) is 17.1 Å². The summed E-state index contributed by atoms with van der Waals surface area (Å²) in [6.07, 6.45) is 1.03. The lowest BCUT2D eigenvalue weighted by atomic mass is 10.2. The average molecular weight is 311 g/mol. The van der Waals surface area contributed by atoms with E-state index < -0.39 is 15.8 Å². The summed E-state index contributed by atoms with van der Waals surface area (Å²) in [6.45, 7) is 3.85. The maximum Gasteiger partial charge on any atom is 0.240 e. The standard InChI is InChI=1S/C15H18FNO3S/c1-15(2)10-14(15)17-21(19,20)12-7-6-11(13(16)9-12)5-3-4-8-18/h6-7,9,14,17-18H,4,8,10H2,1-2H3. The van der Waals surface area contributed by atoms with E-state index in [9.17, 15) is 12.8 Å². The largest absolute Gasteiger partial charge is 0.395 e. The quantitative estimate of drug-likeness (QED) is 0.831. The molecule has 1 aromatic carbocycles. The third kappa shape index (κ3) is 3.82. The van der Waals surface area contributed by atoms with Gasteiger partial charge in [-0.05, 0) is 30.0 Å². The van der Waals surface area contributed by atoms with Crippen LogP contribution in [0.3, 0.4) is 0 Å². The fourth-order valence-electron chi connectivity index (χ4n) is 1.90. The lowest BCUT2D eigenvalue weighted by Gasteiger charge is -2.08. The average Bonchev–Trinajstić information content (AvgIpc) is 2.97. The van der Waals surface area contributed by atoms with Gasteiger partial charge in [0.2, 0.25) is 10.0 Å². The Morgan fingerprint density at radius 3 is 2.67 bits per heavy atom. The molecule has 1 unspecified atom stereocenters. The SMILES string of the molecule is CC1(C)CC1NS(=O)(=O)c1ccc(C#CCCO)c(F)c1. The molecule has 1 aliphatic carbocycles. The van der Waals surface area contributed by atoms with Gasteiger partial charge in [-0.15, -0.1) is 0 Å². The second kappa shape index (κ2) is 5.76. The highest BCUT2D eigenvalue weighted by atomic mass is 32.2. The zero-order chi connectivity index (χ0) is 15.7. The van der Waals surface area contributed by atoms with E-state index >= 15 is 0 Å². The van der Waals surface area contributed by atoms with Crippen molar-refractivity contribution in [2.24, 2.45) is 5.41 Å². The van der Waals surface area contributed by atoms with Crippen molar-refractivity contribution >= 4 is 10.0 Å². The molecule has 1 saturated carbocycles. The summed E-state index contributed by atoms with van der Waals surface area (Å²) in [5.74, 6) is 4.47. The van der Waals surface area contributed by atoms with Crippen LogP contribution in [0.25, 0.3) is 0 Å². The zero-order valence-electron chi connectivity index (χ0n) is 12.0. The highest BCUT2D eigenvalue weighted by Gasteiger charge is 2.47. The van der Waals surface area contributed by atoms with Gasteiger partial charge in [0.15, 0.2) is 0 Å². The number of hydrogen-bond acceptors (Lipinski definition) is 3. The van der Waals surface area contributed by atoms with Crippen molar-refractivity contribution in [3.8, 4) is 11.8 Å². The van der Waals surface area contributed by atoms with Gasteiger partial charge in [-0.25, -0.2) is 17.5 Å². The number of nitrogens with one attached hydrogen (secondary N) is 1. The first kappa shape index (κ1) is 16.0. The number of rotatable bonds is 4. The molecule has 1 atom stereocenters. The Balaban J connectivity index is 2.18. The van der Waals surface area contributed by atoms with Crippen LogP contribution in [0.2, 0.25) is 0 Å². The Labute approximate surface area is 124 Å². The van der Waals surface area contributed by atoms with E-state index in [2.05, 4.69) is 16.6 Å². The van der Waals surface area contributed by atoms with Crippen molar-refractivity contribution in [3.05, 3.63) is 29.6 Å². The minimum absolute atomic E-state index is 0.0404. The van der Waals surface area contributed by atoms with Crippen LogP contribution in [0, 0.1) is 23.1 Å². The van der Waals surface area contributed by atoms with E-state index in [0.29, 0.717) is 0 Å². The van der Waals surface area contributed by atoms with E-state index in [0.717, 1.165) is 12.5 Å². The van der Waals surface area contributed by atoms with E-state index in [1.807, 2.05) is 13.8 Å². The molecule has 0 amide bonds.